The summed E-state index contributed by atoms with van der Waals surface area (Å²) in [5.41, 5.74) is 8.31. The second-order valence-corrected chi connectivity index (χ2v) is 5.65. The van der Waals surface area contributed by atoms with Gasteiger partial charge in [0, 0.05) is 30.9 Å². The van der Waals surface area contributed by atoms with E-state index in [1.807, 2.05) is 25.1 Å². The van der Waals surface area contributed by atoms with Gasteiger partial charge in [-0.05, 0) is 49.9 Å². The number of carbonyl (C=O) groups is 1. The smallest absolute Gasteiger partial charge is 0.225 e. The largest absolute Gasteiger partial charge is 0.398 e. The number of hydrogen-bond donors (Lipinski definition) is 2. The summed E-state index contributed by atoms with van der Waals surface area (Å²) in [6, 6.07) is 5.61. The maximum absolute atomic E-state index is 12.0. The Labute approximate surface area is 121 Å². The van der Waals surface area contributed by atoms with Crippen LogP contribution in [0.2, 0.25) is 0 Å². The van der Waals surface area contributed by atoms with Gasteiger partial charge in [-0.2, -0.15) is 0 Å². The summed E-state index contributed by atoms with van der Waals surface area (Å²) in [4.78, 5) is 14.4. The molecule has 0 aromatic heterocycles. The van der Waals surface area contributed by atoms with Crippen LogP contribution in [0.3, 0.4) is 0 Å². The quantitative estimate of drug-likeness (QED) is 0.752. The van der Waals surface area contributed by atoms with Crippen molar-refractivity contribution in [2.75, 3.05) is 30.7 Å². The van der Waals surface area contributed by atoms with Gasteiger partial charge >= 0.3 is 0 Å². The predicted octanol–water partition coefficient (Wildman–Crippen LogP) is 2.64. The van der Waals surface area contributed by atoms with Gasteiger partial charge in [0.2, 0.25) is 5.91 Å². The van der Waals surface area contributed by atoms with E-state index in [1.165, 1.54) is 12.8 Å². The van der Waals surface area contributed by atoms with Crippen molar-refractivity contribution in [3.63, 3.8) is 0 Å². The van der Waals surface area contributed by atoms with Gasteiger partial charge in [-0.3, -0.25) is 4.79 Å². The van der Waals surface area contributed by atoms with Crippen LogP contribution in [0.5, 0.6) is 0 Å². The second-order valence-electron chi connectivity index (χ2n) is 5.65. The molecule has 1 aromatic carbocycles. The van der Waals surface area contributed by atoms with Crippen LogP contribution in [0.25, 0.3) is 0 Å². The first kappa shape index (κ1) is 14.9. The molecule has 4 heteroatoms. The van der Waals surface area contributed by atoms with Crippen LogP contribution < -0.4 is 11.1 Å². The highest BCUT2D eigenvalue weighted by atomic mass is 16.1. The number of nitrogens with one attached hydrogen (secondary N) is 1. The minimum Gasteiger partial charge on any atom is -0.398 e. The molecule has 20 heavy (non-hydrogen) atoms. The summed E-state index contributed by atoms with van der Waals surface area (Å²) in [6.45, 7) is 7.07. The van der Waals surface area contributed by atoms with Crippen LogP contribution in [0, 0.1) is 12.8 Å². The van der Waals surface area contributed by atoms with Crippen LogP contribution in [0.4, 0.5) is 11.4 Å². The van der Waals surface area contributed by atoms with Crippen molar-refractivity contribution in [1.29, 1.82) is 0 Å². The third-order valence-electron chi connectivity index (χ3n) is 3.97. The van der Waals surface area contributed by atoms with Crippen LogP contribution in [0.1, 0.15) is 31.7 Å². The third-order valence-corrected chi connectivity index (χ3v) is 3.97. The standard InChI is InChI=1S/C16H25N3O/c1-3-19(11-13-7-8-13)10-9-16(20)18-15-6-4-5-14(17)12(15)2/h4-6,13H,3,7-11,17H2,1-2H3,(H,18,20). The van der Waals surface area contributed by atoms with Gasteiger partial charge in [-0.15, -0.1) is 0 Å². The van der Waals surface area contributed by atoms with Gasteiger partial charge < -0.3 is 16.0 Å². The number of nitrogens with zero attached hydrogens (tertiary/aromatic N) is 1. The first-order valence-corrected chi connectivity index (χ1v) is 7.47. The maximum Gasteiger partial charge on any atom is 0.225 e. The molecule has 4 nitrogen and oxygen atoms in total. The first-order chi connectivity index (χ1) is 9.60. The lowest BCUT2D eigenvalue weighted by molar-refractivity contribution is -0.116. The zero-order valence-electron chi connectivity index (χ0n) is 12.5. The Balaban J connectivity index is 1.80. The Bertz CT molecular complexity index is 469. The molecule has 1 saturated carbocycles. The SMILES string of the molecule is CCN(CCC(=O)Nc1cccc(N)c1C)CC1CC1. The third kappa shape index (κ3) is 4.23. The van der Waals surface area contributed by atoms with E-state index in [-0.39, 0.29) is 5.91 Å². The van der Waals surface area contributed by atoms with E-state index in [4.69, 9.17) is 5.73 Å². The van der Waals surface area contributed by atoms with Crippen molar-refractivity contribution in [1.82, 2.24) is 4.90 Å². The van der Waals surface area contributed by atoms with E-state index >= 15 is 0 Å². The van der Waals surface area contributed by atoms with Crippen LogP contribution >= 0.6 is 0 Å². The molecule has 0 saturated heterocycles. The lowest BCUT2D eigenvalue weighted by atomic mass is 10.1. The molecular weight excluding hydrogens is 250 g/mol. The molecule has 1 amide bonds. The molecule has 1 aliphatic carbocycles. The van der Waals surface area contributed by atoms with E-state index in [0.717, 1.165) is 36.8 Å². The van der Waals surface area contributed by atoms with Gasteiger partial charge in [-0.25, -0.2) is 0 Å². The molecular formula is C16H25N3O. The van der Waals surface area contributed by atoms with E-state index < -0.39 is 0 Å². The molecule has 0 atom stereocenters. The molecule has 1 fully saturated rings. The molecule has 0 unspecified atom stereocenters. The molecule has 2 rings (SSSR count). The average Bonchev–Trinajstić information content (AvgIpc) is 3.24. The lowest BCUT2D eigenvalue weighted by Gasteiger charge is -2.19. The molecule has 1 aliphatic rings. The Morgan fingerprint density at radius 1 is 1.45 bits per heavy atom. The number of rotatable bonds is 7. The van der Waals surface area contributed by atoms with Crippen molar-refractivity contribution in [2.24, 2.45) is 5.92 Å². The van der Waals surface area contributed by atoms with Crippen LogP contribution in [0.15, 0.2) is 18.2 Å². The van der Waals surface area contributed by atoms with Gasteiger partial charge in [0.05, 0.1) is 0 Å². The summed E-state index contributed by atoms with van der Waals surface area (Å²) < 4.78 is 0. The number of benzene rings is 1. The molecule has 0 bridgehead atoms. The number of carbonyl (C=O) groups excluding carboxylic acids is 1. The summed E-state index contributed by atoms with van der Waals surface area (Å²) in [7, 11) is 0. The van der Waals surface area contributed by atoms with Crippen molar-refractivity contribution < 1.29 is 4.79 Å². The minimum absolute atomic E-state index is 0.0629. The van der Waals surface area contributed by atoms with Crippen molar-refractivity contribution in [3.05, 3.63) is 23.8 Å². The number of nitrogen functional groups attached to an aromatic ring is 1. The lowest BCUT2D eigenvalue weighted by Crippen LogP contribution is -2.29. The van der Waals surface area contributed by atoms with Crippen molar-refractivity contribution in [2.45, 2.75) is 33.1 Å². The molecule has 0 aliphatic heterocycles. The number of nitrogens with two attached hydrogens (primary N) is 1. The van der Waals surface area contributed by atoms with E-state index in [1.54, 1.807) is 0 Å². The number of anilines is 2. The predicted molar refractivity (Wildman–Crippen MR) is 83.7 cm³/mol. The Morgan fingerprint density at radius 2 is 2.20 bits per heavy atom. The maximum atomic E-state index is 12.0. The second kappa shape index (κ2) is 6.75. The average molecular weight is 275 g/mol. The fraction of sp³-hybridized carbons (Fsp3) is 0.562. The minimum atomic E-state index is 0.0629. The zero-order valence-corrected chi connectivity index (χ0v) is 12.5. The molecule has 0 spiro atoms. The summed E-state index contributed by atoms with van der Waals surface area (Å²) in [6.07, 6.45) is 3.24. The molecule has 110 valence electrons. The van der Waals surface area contributed by atoms with Gasteiger partial charge in [0.1, 0.15) is 0 Å². The van der Waals surface area contributed by atoms with Gasteiger partial charge in [0.15, 0.2) is 0 Å². The highest BCUT2D eigenvalue weighted by Crippen LogP contribution is 2.29. The Kier molecular flexibility index (Phi) is 5.01. The molecule has 0 radical (unpaired) electrons. The van der Waals surface area contributed by atoms with Crippen molar-refractivity contribution in [3.8, 4) is 0 Å². The number of amides is 1. The van der Waals surface area contributed by atoms with Crippen LogP contribution in [-0.2, 0) is 4.79 Å². The molecule has 3 N–H and O–H groups in total. The highest BCUT2D eigenvalue weighted by molar-refractivity contribution is 5.92. The Morgan fingerprint density at radius 3 is 2.85 bits per heavy atom. The fourth-order valence-electron chi connectivity index (χ4n) is 2.31. The Hall–Kier alpha value is -1.55. The van der Waals surface area contributed by atoms with Crippen LogP contribution in [-0.4, -0.2) is 30.4 Å². The van der Waals surface area contributed by atoms with E-state index in [0.29, 0.717) is 12.1 Å². The topological polar surface area (TPSA) is 58.4 Å². The van der Waals surface area contributed by atoms with E-state index in [2.05, 4.69) is 17.1 Å². The molecule has 1 aromatic rings. The zero-order chi connectivity index (χ0) is 14.5. The summed E-state index contributed by atoms with van der Waals surface area (Å²) in [5.74, 6) is 0.933. The summed E-state index contributed by atoms with van der Waals surface area (Å²) >= 11 is 0. The van der Waals surface area contributed by atoms with Gasteiger partial charge in [-0.1, -0.05) is 13.0 Å². The fourth-order valence-corrected chi connectivity index (χ4v) is 2.31. The van der Waals surface area contributed by atoms with E-state index in [9.17, 15) is 4.79 Å². The monoisotopic (exact) mass is 275 g/mol. The first-order valence-electron chi connectivity index (χ1n) is 7.47. The molecule has 0 heterocycles. The van der Waals surface area contributed by atoms with Crippen molar-refractivity contribution >= 4 is 17.3 Å². The number of hydrogen-bond acceptors (Lipinski definition) is 3. The normalized spacial score (nSPS) is 14.6. The van der Waals surface area contributed by atoms with Gasteiger partial charge in [0.25, 0.3) is 0 Å². The summed E-state index contributed by atoms with van der Waals surface area (Å²) in [5, 5.41) is 2.95. The highest BCUT2D eigenvalue weighted by Gasteiger charge is 2.23.